The zero-order chi connectivity index (χ0) is 16.8. The first kappa shape index (κ1) is 16.7. The lowest BCUT2D eigenvalue weighted by Crippen LogP contribution is -2.30. The molecule has 1 amide bonds. The Bertz CT molecular complexity index is 766. The van der Waals surface area contributed by atoms with Gasteiger partial charge in [0.1, 0.15) is 6.07 Å². The first-order chi connectivity index (χ1) is 11.0. The van der Waals surface area contributed by atoms with Crippen molar-refractivity contribution in [3.05, 3.63) is 64.1 Å². The number of nitrogens with zero attached hydrogens (tertiary/aromatic N) is 1. The smallest absolute Gasteiger partial charge is 0.338 e. The fourth-order valence-corrected chi connectivity index (χ4v) is 2.06. The van der Waals surface area contributed by atoms with Crippen LogP contribution in [0.15, 0.2) is 53.0 Å². The Morgan fingerprint density at radius 1 is 1.17 bits per heavy atom. The molecule has 0 heterocycles. The number of para-hydroxylation sites is 1. The van der Waals surface area contributed by atoms with Crippen molar-refractivity contribution in [3.63, 3.8) is 0 Å². The van der Waals surface area contributed by atoms with Crippen LogP contribution in [0.2, 0.25) is 0 Å². The molecule has 0 aromatic heterocycles. The predicted octanol–water partition coefficient (Wildman–Crippen LogP) is 3.50. The van der Waals surface area contributed by atoms with Crippen LogP contribution in [0.25, 0.3) is 0 Å². The first-order valence-corrected chi connectivity index (χ1v) is 7.57. The second-order valence-electron chi connectivity index (χ2n) is 4.70. The van der Waals surface area contributed by atoms with Crippen molar-refractivity contribution in [1.29, 1.82) is 5.26 Å². The number of ether oxygens (including phenoxy) is 1. The van der Waals surface area contributed by atoms with Gasteiger partial charge in [0, 0.05) is 4.47 Å². The summed E-state index contributed by atoms with van der Waals surface area (Å²) in [5, 5.41) is 11.6. The van der Waals surface area contributed by atoms with Gasteiger partial charge in [0.15, 0.2) is 6.10 Å². The molecule has 0 aliphatic heterocycles. The number of nitrogens with one attached hydrogen (secondary N) is 1. The SMILES string of the molecule is C[C@@H](OC(=O)c1ccc(Br)cc1)C(=O)Nc1ccccc1C#N. The van der Waals surface area contributed by atoms with Crippen molar-refractivity contribution >= 4 is 33.5 Å². The van der Waals surface area contributed by atoms with Gasteiger partial charge >= 0.3 is 5.97 Å². The normalized spacial score (nSPS) is 11.2. The van der Waals surface area contributed by atoms with Gasteiger partial charge in [-0.3, -0.25) is 4.79 Å². The standard InChI is InChI=1S/C17H13BrN2O3/c1-11(23-17(22)12-6-8-14(18)9-7-12)16(21)20-15-5-3-2-4-13(15)10-19/h2-9,11H,1H3,(H,20,21)/t11-/m1/s1. The number of halogens is 1. The molecule has 5 nitrogen and oxygen atoms in total. The number of carbonyl (C=O) groups is 2. The van der Waals surface area contributed by atoms with Crippen LogP contribution in [0, 0.1) is 11.3 Å². The van der Waals surface area contributed by atoms with Crippen molar-refractivity contribution < 1.29 is 14.3 Å². The van der Waals surface area contributed by atoms with Gasteiger partial charge in [-0.2, -0.15) is 5.26 Å². The number of amides is 1. The van der Waals surface area contributed by atoms with E-state index in [1.165, 1.54) is 6.92 Å². The average molecular weight is 373 g/mol. The van der Waals surface area contributed by atoms with Crippen molar-refractivity contribution in [3.8, 4) is 6.07 Å². The van der Waals surface area contributed by atoms with Crippen LogP contribution >= 0.6 is 15.9 Å². The third kappa shape index (κ3) is 4.41. The lowest BCUT2D eigenvalue weighted by Gasteiger charge is -2.14. The molecule has 2 aromatic rings. The number of esters is 1. The van der Waals surface area contributed by atoms with Gasteiger partial charge in [-0.15, -0.1) is 0 Å². The maximum Gasteiger partial charge on any atom is 0.338 e. The highest BCUT2D eigenvalue weighted by Crippen LogP contribution is 2.15. The summed E-state index contributed by atoms with van der Waals surface area (Å²) in [6.45, 7) is 1.47. The van der Waals surface area contributed by atoms with Crippen LogP contribution in [-0.2, 0) is 9.53 Å². The second kappa shape index (κ2) is 7.56. The Hall–Kier alpha value is -2.65. The molecule has 2 aromatic carbocycles. The third-order valence-electron chi connectivity index (χ3n) is 3.04. The highest BCUT2D eigenvalue weighted by atomic mass is 79.9. The van der Waals surface area contributed by atoms with Crippen molar-refractivity contribution in [2.24, 2.45) is 0 Å². The van der Waals surface area contributed by atoms with Gasteiger partial charge in [-0.25, -0.2) is 4.79 Å². The van der Waals surface area contributed by atoms with Gasteiger partial charge in [0.25, 0.3) is 5.91 Å². The summed E-state index contributed by atoms with van der Waals surface area (Å²) >= 11 is 3.28. The molecule has 2 rings (SSSR count). The molecule has 0 spiro atoms. The number of carbonyl (C=O) groups excluding carboxylic acids is 2. The number of hydrogen-bond acceptors (Lipinski definition) is 4. The quantitative estimate of drug-likeness (QED) is 0.832. The minimum absolute atomic E-state index is 0.340. The lowest BCUT2D eigenvalue weighted by molar-refractivity contribution is -0.123. The van der Waals surface area contributed by atoms with Crippen molar-refractivity contribution in [1.82, 2.24) is 0 Å². The van der Waals surface area contributed by atoms with Crippen LogP contribution in [-0.4, -0.2) is 18.0 Å². The largest absolute Gasteiger partial charge is 0.449 e. The Labute approximate surface area is 142 Å². The van der Waals surface area contributed by atoms with Crippen LogP contribution in [0.1, 0.15) is 22.8 Å². The minimum Gasteiger partial charge on any atom is -0.449 e. The second-order valence-corrected chi connectivity index (χ2v) is 5.62. The van der Waals surface area contributed by atoms with E-state index in [-0.39, 0.29) is 0 Å². The maximum absolute atomic E-state index is 12.1. The number of benzene rings is 2. The third-order valence-corrected chi connectivity index (χ3v) is 3.57. The fraction of sp³-hybridized carbons (Fsp3) is 0.118. The van der Waals surface area contributed by atoms with Gasteiger partial charge in [0.05, 0.1) is 16.8 Å². The Balaban J connectivity index is 2.01. The molecule has 0 aliphatic rings. The molecule has 0 fully saturated rings. The van der Waals surface area contributed by atoms with E-state index in [0.29, 0.717) is 16.8 Å². The van der Waals surface area contributed by atoms with Gasteiger partial charge < -0.3 is 10.1 Å². The van der Waals surface area contributed by atoms with E-state index in [2.05, 4.69) is 21.2 Å². The molecular weight excluding hydrogens is 360 g/mol. The van der Waals surface area contributed by atoms with E-state index in [0.717, 1.165) is 4.47 Å². The summed E-state index contributed by atoms with van der Waals surface area (Å²) in [6.07, 6.45) is -0.988. The molecule has 0 unspecified atom stereocenters. The summed E-state index contributed by atoms with van der Waals surface area (Å²) in [5.74, 6) is -1.09. The number of rotatable bonds is 4. The highest BCUT2D eigenvalue weighted by Gasteiger charge is 2.19. The summed E-state index contributed by atoms with van der Waals surface area (Å²) in [6, 6.07) is 15.2. The van der Waals surface area contributed by atoms with E-state index in [4.69, 9.17) is 10.00 Å². The van der Waals surface area contributed by atoms with Gasteiger partial charge in [0.2, 0.25) is 0 Å². The van der Waals surface area contributed by atoms with Crippen LogP contribution < -0.4 is 5.32 Å². The molecule has 0 bridgehead atoms. The Kier molecular flexibility index (Phi) is 5.50. The van der Waals surface area contributed by atoms with E-state index >= 15 is 0 Å². The molecule has 116 valence electrons. The molecule has 1 atom stereocenters. The molecule has 0 aliphatic carbocycles. The van der Waals surface area contributed by atoms with Crippen LogP contribution in [0.3, 0.4) is 0 Å². The molecule has 6 heteroatoms. The minimum atomic E-state index is -0.988. The van der Waals surface area contributed by atoms with Crippen molar-refractivity contribution in [2.75, 3.05) is 5.32 Å². The summed E-state index contributed by atoms with van der Waals surface area (Å²) in [5.41, 5.74) is 1.07. The van der Waals surface area contributed by atoms with Gasteiger partial charge in [-0.1, -0.05) is 28.1 Å². The zero-order valence-electron chi connectivity index (χ0n) is 12.2. The van der Waals surface area contributed by atoms with E-state index in [1.807, 2.05) is 6.07 Å². The number of hydrogen-bond donors (Lipinski definition) is 1. The van der Waals surface area contributed by atoms with Gasteiger partial charge in [-0.05, 0) is 43.3 Å². The molecule has 23 heavy (non-hydrogen) atoms. The lowest BCUT2D eigenvalue weighted by atomic mass is 10.2. The monoisotopic (exact) mass is 372 g/mol. The fourth-order valence-electron chi connectivity index (χ4n) is 1.79. The Morgan fingerprint density at radius 2 is 1.83 bits per heavy atom. The number of nitriles is 1. The summed E-state index contributed by atoms with van der Waals surface area (Å²) < 4.78 is 5.98. The molecule has 1 N–H and O–H groups in total. The van der Waals surface area contributed by atoms with Crippen molar-refractivity contribution in [2.45, 2.75) is 13.0 Å². The van der Waals surface area contributed by atoms with Crippen LogP contribution in [0.5, 0.6) is 0 Å². The summed E-state index contributed by atoms with van der Waals surface area (Å²) in [4.78, 5) is 24.1. The average Bonchev–Trinajstić information content (AvgIpc) is 2.55. The highest BCUT2D eigenvalue weighted by molar-refractivity contribution is 9.10. The van der Waals surface area contributed by atoms with Crippen LogP contribution in [0.4, 0.5) is 5.69 Å². The molecule has 0 saturated carbocycles. The Morgan fingerprint density at radius 3 is 2.48 bits per heavy atom. The number of anilines is 1. The maximum atomic E-state index is 12.1. The molecular formula is C17H13BrN2O3. The van der Waals surface area contributed by atoms with E-state index < -0.39 is 18.0 Å². The molecule has 0 radical (unpaired) electrons. The predicted molar refractivity (Wildman–Crippen MR) is 88.8 cm³/mol. The first-order valence-electron chi connectivity index (χ1n) is 6.78. The topological polar surface area (TPSA) is 79.2 Å². The molecule has 0 saturated heterocycles. The van der Waals surface area contributed by atoms with E-state index in [9.17, 15) is 9.59 Å². The van der Waals surface area contributed by atoms with E-state index in [1.54, 1.807) is 48.5 Å². The zero-order valence-corrected chi connectivity index (χ0v) is 13.8. The summed E-state index contributed by atoms with van der Waals surface area (Å²) in [7, 11) is 0.